The van der Waals surface area contributed by atoms with Crippen molar-refractivity contribution < 1.29 is 4.74 Å². The first-order valence-corrected chi connectivity index (χ1v) is 7.35. The van der Waals surface area contributed by atoms with Gasteiger partial charge < -0.3 is 4.74 Å². The van der Waals surface area contributed by atoms with Gasteiger partial charge in [0.2, 0.25) is 5.90 Å². The van der Waals surface area contributed by atoms with Crippen LogP contribution in [0.1, 0.15) is 5.56 Å². The lowest BCUT2D eigenvalue weighted by Crippen LogP contribution is -2.16. The molecule has 0 radical (unpaired) electrons. The number of aliphatic imine (C=N–C) groups is 1. The van der Waals surface area contributed by atoms with E-state index < -0.39 is 0 Å². The van der Waals surface area contributed by atoms with Gasteiger partial charge in [0.15, 0.2) is 0 Å². The van der Waals surface area contributed by atoms with Gasteiger partial charge in [-0.25, -0.2) is 4.99 Å². The van der Waals surface area contributed by atoms with E-state index >= 15 is 0 Å². The van der Waals surface area contributed by atoms with E-state index in [4.69, 9.17) is 4.74 Å². The van der Waals surface area contributed by atoms with Crippen molar-refractivity contribution in [3.63, 3.8) is 0 Å². The summed E-state index contributed by atoms with van der Waals surface area (Å²) in [6.45, 7) is 0.754. The van der Waals surface area contributed by atoms with Crippen LogP contribution in [0.5, 0.6) is 0 Å². The van der Waals surface area contributed by atoms with Crippen molar-refractivity contribution in [3.8, 4) is 0 Å². The van der Waals surface area contributed by atoms with Crippen LogP contribution in [-0.4, -0.2) is 24.3 Å². The molecule has 2 aromatic carbocycles. The van der Waals surface area contributed by atoms with E-state index in [9.17, 15) is 0 Å². The molecule has 1 aliphatic heterocycles. The lowest BCUT2D eigenvalue weighted by Gasteiger charge is -2.10. The fourth-order valence-electron chi connectivity index (χ4n) is 1.95. The monoisotopic (exact) mass is 269 g/mol. The zero-order chi connectivity index (χ0) is 12.9. The summed E-state index contributed by atoms with van der Waals surface area (Å²) < 4.78 is 5.90. The molecule has 0 amide bonds. The Bertz CT molecular complexity index is 553. The first-order valence-electron chi connectivity index (χ1n) is 6.36. The Morgan fingerprint density at radius 2 is 1.68 bits per heavy atom. The van der Waals surface area contributed by atoms with Gasteiger partial charge in [-0.1, -0.05) is 36.4 Å². The second-order valence-electron chi connectivity index (χ2n) is 4.38. The number of hydrogen-bond acceptors (Lipinski definition) is 3. The van der Waals surface area contributed by atoms with E-state index in [1.165, 1.54) is 4.90 Å². The third-order valence-corrected chi connectivity index (χ3v) is 4.06. The SMILES string of the molecule is c1ccc(SCC2CN=C(c3ccccc3)O2)cc1. The Morgan fingerprint density at radius 1 is 1.00 bits per heavy atom. The van der Waals surface area contributed by atoms with Crippen LogP contribution in [0.15, 0.2) is 70.6 Å². The van der Waals surface area contributed by atoms with E-state index in [0.29, 0.717) is 0 Å². The zero-order valence-corrected chi connectivity index (χ0v) is 11.3. The predicted octanol–water partition coefficient (Wildman–Crippen LogP) is 3.62. The molecule has 1 heterocycles. The highest BCUT2D eigenvalue weighted by atomic mass is 32.2. The lowest BCUT2D eigenvalue weighted by molar-refractivity contribution is 0.251. The number of thioether (sulfide) groups is 1. The quantitative estimate of drug-likeness (QED) is 0.791. The highest BCUT2D eigenvalue weighted by molar-refractivity contribution is 7.99. The summed E-state index contributed by atoms with van der Waals surface area (Å²) in [6, 6.07) is 20.5. The Kier molecular flexibility index (Phi) is 3.84. The smallest absolute Gasteiger partial charge is 0.216 e. The number of benzene rings is 2. The van der Waals surface area contributed by atoms with Crippen LogP contribution in [0.3, 0.4) is 0 Å². The number of ether oxygens (including phenoxy) is 1. The fraction of sp³-hybridized carbons (Fsp3) is 0.188. The second kappa shape index (κ2) is 5.93. The highest BCUT2D eigenvalue weighted by Gasteiger charge is 2.20. The van der Waals surface area contributed by atoms with Crippen LogP contribution in [0, 0.1) is 0 Å². The molecule has 0 fully saturated rings. The van der Waals surface area contributed by atoms with Gasteiger partial charge >= 0.3 is 0 Å². The van der Waals surface area contributed by atoms with E-state index in [-0.39, 0.29) is 6.10 Å². The van der Waals surface area contributed by atoms with E-state index in [1.807, 2.05) is 48.2 Å². The van der Waals surface area contributed by atoms with Gasteiger partial charge in [-0.15, -0.1) is 11.8 Å². The molecule has 0 N–H and O–H groups in total. The Morgan fingerprint density at radius 3 is 2.42 bits per heavy atom. The topological polar surface area (TPSA) is 21.6 Å². The van der Waals surface area contributed by atoms with Crippen LogP contribution in [-0.2, 0) is 4.74 Å². The molecular formula is C16H15NOS. The molecule has 1 atom stereocenters. The molecule has 1 unspecified atom stereocenters. The predicted molar refractivity (Wildman–Crippen MR) is 79.9 cm³/mol. The third-order valence-electron chi connectivity index (χ3n) is 2.92. The van der Waals surface area contributed by atoms with Crippen molar-refractivity contribution in [3.05, 3.63) is 66.2 Å². The maximum Gasteiger partial charge on any atom is 0.216 e. The van der Waals surface area contributed by atoms with Crippen molar-refractivity contribution >= 4 is 17.7 Å². The Hall–Kier alpha value is -1.74. The summed E-state index contributed by atoms with van der Waals surface area (Å²) in [4.78, 5) is 5.76. The van der Waals surface area contributed by atoms with Crippen LogP contribution in [0.4, 0.5) is 0 Å². The second-order valence-corrected chi connectivity index (χ2v) is 5.47. The summed E-state index contributed by atoms with van der Waals surface area (Å²) in [6.07, 6.45) is 0.181. The van der Waals surface area contributed by atoms with E-state index in [1.54, 1.807) is 0 Å². The maximum absolute atomic E-state index is 5.90. The Labute approximate surface area is 117 Å². The molecule has 2 aromatic rings. The molecule has 0 aromatic heterocycles. The average Bonchev–Trinajstić information content (AvgIpc) is 2.96. The van der Waals surface area contributed by atoms with Gasteiger partial charge in [0.1, 0.15) is 6.10 Å². The van der Waals surface area contributed by atoms with E-state index in [2.05, 4.69) is 29.3 Å². The molecule has 3 heteroatoms. The molecule has 0 saturated carbocycles. The summed E-state index contributed by atoms with van der Waals surface area (Å²) in [7, 11) is 0. The van der Waals surface area contributed by atoms with Crippen molar-refractivity contribution in [2.24, 2.45) is 4.99 Å². The van der Waals surface area contributed by atoms with Crippen LogP contribution >= 0.6 is 11.8 Å². The highest BCUT2D eigenvalue weighted by Crippen LogP contribution is 2.22. The first kappa shape index (κ1) is 12.3. The summed E-state index contributed by atoms with van der Waals surface area (Å²) in [5.74, 6) is 1.71. The molecule has 0 saturated heterocycles. The van der Waals surface area contributed by atoms with Gasteiger partial charge in [0, 0.05) is 16.2 Å². The molecular weight excluding hydrogens is 254 g/mol. The lowest BCUT2D eigenvalue weighted by atomic mass is 10.2. The standard InChI is InChI=1S/C16H15NOS/c1-3-7-13(8-4-1)16-17-11-14(18-16)12-19-15-9-5-2-6-10-15/h1-10,14H,11-12H2. The zero-order valence-electron chi connectivity index (χ0n) is 10.5. The number of nitrogens with zero attached hydrogens (tertiary/aromatic N) is 1. The Balaban J connectivity index is 1.54. The largest absolute Gasteiger partial charge is 0.471 e. The van der Waals surface area contributed by atoms with E-state index in [0.717, 1.165) is 23.8 Å². The van der Waals surface area contributed by atoms with Crippen molar-refractivity contribution in [1.29, 1.82) is 0 Å². The fourth-order valence-corrected chi connectivity index (χ4v) is 2.85. The molecule has 0 aliphatic carbocycles. The van der Waals surface area contributed by atoms with Gasteiger partial charge in [-0.2, -0.15) is 0 Å². The number of hydrogen-bond donors (Lipinski definition) is 0. The molecule has 96 valence electrons. The molecule has 0 spiro atoms. The van der Waals surface area contributed by atoms with Gasteiger partial charge in [0.05, 0.1) is 6.54 Å². The van der Waals surface area contributed by atoms with Crippen LogP contribution in [0.2, 0.25) is 0 Å². The minimum atomic E-state index is 0.181. The minimum Gasteiger partial charge on any atom is -0.471 e. The van der Waals surface area contributed by atoms with Crippen molar-refractivity contribution in [1.82, 2.24) is 0 Å². The molecule has 2 nitrogen and oxygen atoms in total. The molecule has 3 rings (SSSR count). The minimum absolute atomic E-state index is 0.181. The van der Waals surface area contributed by atoms with Gasteiger partial charge in [0.25, 0.3) is 0 Å². The number of rotatable bonds is 4. The first-order chi connectivity index (χ1) is 9.42. The summed E-state index contributed by atoms with van der Waals surface area (Å²) >= 11 is 1.82. The van der Waals surface area contributed by atoms with Crippen LogP contribution < -0.4 is 0 Å². The summed E-state index contributed by atoms with van der Waals surface area (Å²) in [5.41, 5.74) is 1.06. The normalized spacial score (nSPS) is 17.9. The molecule has 0 bridgehead atoms. The average molecular weight is 269 g/mol. The molecule has 19 heavy (non-hydrogen) atoms. The van der Waals surface area contributed by atoms with Gasteiger partial charge in [-0.05, 0) is 24.3 Å². The third kappa shape index (κ3) is 3.18. The van der Waals surface area contributed by atoms with Crippen LogP contribution in [0.25, 0.3) is 0 Å². The maximum atomic E-state index is 5.90. The molecule has 1 aliphatic rings. The van der Waals surface area contributed by atoms with Gasteiger partial charge in [-0.3, -0.25) is 0 Å². The van der Waals surface area contributed by atoms with Crippen molar-refractivity contribution in [2.45, 2.75) is 11.0 Å². The summed E-state index contributed by atoms with van der Waals surface area (Å²) in [5, 5.41) is 0. The van der Waals surface area contributed by atoms with Crippen molar-refractivity contribution in [2.75, 3.05) is 12.3 Å².